The van der Waals surface area contributed by atoms with Crippen molar-refractivity contribution in [2.45, 2.75) is 0 Å². The van der Waals surface area contributed by atoms with Crippen LogP contribution in [0, 0.1) is 0 Å². The van der Waals surface area contributed by atoms with E-state index < -0.39 is 5.97 Å². The number of rotatable bonds is 2. The number of carboxylic acids is 1. The molecule has 2 aromatic rings. The summed E-state index contributed by atoms with van der Waals surface area (Å²) in [5.74, 6) is -0.909. The molecule has 2 rings (SSSR count). The van der Waals surface area contributed by atoms with Gasteiger partial charge < -0.3 is 5.11 Å². The molecule has 0 spiro atoms. The highest BCUT2D eigenvalue weighted by Gasteiger charge is 2.19. The third-order valence-electron chi connectivity index (χ3n) is 1.90. The van der Waals surface area contributed by atoms with Gasteiger partial charge in [-0.1, -0.05) is 0 Å². The average molecular weight is 447 g/mol. The summed E-state index contributed by atoms with van der Waals surface area (Å²) in [5, 5.41) is 12.8. The van der Waals surface area contributed by atoms with Crippen molar-refractivity contribution < 1.29 is 9.90 Å². The van der Waals surface area contributed by atoms with Crippen LogP contribution in [0.4, 0.5) is 0 Å². The maximum absolute atomic E-state index is 10.9. The number of hydrogen-bond donors (Lipinski definition) is 1. The minimum absolute atomic E-state index is 0.323. The quantitative estimate of drug-likeness (QED) is 0.664. The van der Waals surface area contributed by atoms with E-state index in [9.17, 15) is 4.79 Å². The second kappa shape index (κ2) is 4.89. The molecule has 0 aliphatic heterocycles. The van der Waals surface area contributed by atoms with Crippen LogP contribution in [-0.4, -0.2) is 11.1 Å². The minimum atomic E-state index is -0.909. The van der Waals surface area contributed by atoms with Gasteiger partial charge in [-0.2, -0.15) is 0 Å². The summed E-state index contributed by atoms with van der Waals surface area (Å²) in [6, 6.07) is 0. The molecule has 1 N–H and O–H groups in total. The zero-order valence-electron chi connectivity index (χ0n) is 7.46. The van der Waals surface area contributed by atoms with Crippen molar-refractivity contribution in [2.75, 3.05) is 0 Å². The normalized spacial score (nSPS) is 10.7. The molecule has 0 fully saturated rings. The number of aromatic carboxylic acids is 1. The van der Waals surface area contributed by atoms with Crippen molar-refractivity contribution >= 4 is 76.4 Å². The fraction of sp³-hybridized carbons (Fsp3) is 0. The Kier molecular flexibility index (Phi) is 3.90. The Bertz CT molecular complexity index is 559. The van der Waals surface area contributed by atoms with E-state index in [2.05, 4.69) is 47.8 Å². The van der Waals surface area contributed by atoms with Crippen molar-refractivity contribution in [1.29, 1.82) is 0 Å². The van der Waals surface area contributed by atoms with Crippen LogP contribution in [0.3, 0.4) is 0 Å². The van der Waals surface area contributed by atoms with Crippen molar-refractivity contribution in [1.82, 2.24) is 0 Å². The number of carboxylic acid groups (broad SMARTS) is 1. The molecule has 0 atom stereocenters. The lowest BCUT2D eigenvalue weighted by Gasteiger charge is -1.97. The standard InChI is InChI=1S/C9H3Br3O2S2/c10-5-3(1-15-7(5)9(13)14)4-2-16-8(12)6(4)11/h1-2H,(H,13,14). The molecular formula is C9H3Br3O2S2. The van der Waals surface area contributed by atoms with Crippen molar-refractivity contribution in [2.24, 2.45) is 0 Å². The van der Waals surface area contributed by atoms with Crippen LogP contribution in [0.2, 0.25) is 0 Å². The van der Waals surface area contributed by atoms with Crippen LogP contribution in [0.1, 0.15) is 9.67 Å². The zero-order chi connectivity index (χ0) is 11.9. The summed E-state index contributed by atoms with van der Waals surface area (Å²) in [5.41, 5.74) is 1.89. The zero-order valence-corrected chi connectivity index (χ0v) is 13.9. The first-order valence-corrected chi connectivity index (χ1v) is 8.09. The first-order valence-electron chi connectivity index (χ1n) is 3.95. The summed E-state index contributed by atoms with van der Waals surface area (Å²) in [6.07, 6.45) is 0. The molecule has 0 amide bonds. The van der Waals surface area contributed by atoms with Crippen LogP contribution < -0.4 is 0 Å². The molecule has 0 bridgehead atoms. The molecular weight excluding hydrogens is 444 g/mol. The topological polar surface area (TPSA) is 37.3 Å². The minimum Gasteiger partial charge on any atom is -0.477 e. The van der Waals surface area contributed by atoms with Gasteiger partial charge in [0.05, 0.1) is 12.7 Å². The summed E-state index contributed by atoms with van der Waals surface area (Å²) >= 11 is 13.0. The second-order valence-electron chi connectivity index (χ2n) is 2.83. The Hall–Kier alpha value is 0.310. The van der Waals surface area contributed by atoms with E-state index in [1.807, 2.05) is 10.8 Å². The van der Waals surface area contributed by atoms with Gasteiger partial charge >= 0.3 is 5.97 Å². The third-order valence-corrected chi connectivity index (χ3v) is 7.30. The van der Waals surface area contributed by atoms with Gasteiger partial charge in [-0.3, -0.25) is 0 Å². The fourth-order valence-electron chi connectivity index (χ4n) is 1.17. The average Bonchev–Trinajstić information content (AvgIpc) is 2.73. The van der Waals surface area contributed by atoms with Gasteiger partial charge in [0.15, 0.2) is 0 Å². The smallest absolute Gasteiger partial charge is 0.347 e. The number of halogens is 3. The summed E-state index contributed by atoms with van der Waals surface area (Å²) < 4.78 is 2.58. The van der Waals surface area contributed by atoms with Crippen molar-refractivity contribution in [3.63, 3.8) is 0 Å². The molecule has 2 nitrogen and oxygen atoms in total. The Balaban J connectivity index is 2.57. The monoisotopic (exact) mass is 444 g/mol. The Morgan fingerprint density at radius 3 is 2.06 bits per heavy atom. The van der Waals surface area contributed by atoms with Gasteiger partial charge in [-0.05, 0) is 47.8 Å². The highest BCUT2D eigenvalue weighted by Crippen LogP contribution is 2.44. The predicted molar refractivity (Wildman–Crippen MR) is 77.7 cm³/mol. The molecule has 2 aromatic heterocycles. The van der Waals surface area contributed by atoms with Crippen LogP contribution >= 0.6 is 70.5 Å². The van der Waals surface area contributed by atoms with Crippen LogP contribution in [0.5, 0.6) is 0 Å². The van der Waals surface area contributed by atoms with E-state index in [1.54, 1.807) is 11.3 Å². The van der Waals surface area contributed by atoms with Crippen LogP contribution in [0.25, 0.3) is 11.1 Å². The molecule has 0 aliphatic rings. The molecule has 0 aliphatic carbocycles. The second-order valence-corrected chi connectivity index (χ2v) is 7.50. The van der Waals surface area contributed by atoms with Gasteiger partial charge in [0.2, 0.25) is 0 Å². The Morgan fingerprint density at radius 2 is 1.62 bits per heavy atom. The van der Waals surface area contributed by atoms with E-state index in [-0.39, 0.29) is 0 Å². The first kappa shape index (κ1) is 12.8. The van der Waals surface area contributed by atoms with Gasteiger partial charge in [0.1, 0.15) is 4.88 Å². The lowest BCUT2D eigenvalue weighted by Crippen LogP contribution is -1.92. The molecule has 0 radical (unpaired) electrons. The molecule has 2 heterocycles. The van der Waals surface area contributed by atoms with Crippen LogP contribution in [-0.2, 0) is 0 Å². The molecule has 0 unspecified atom stereocenters. The van der Waals surface area contributed by atoms with Gasteiger partial charge in [0, 0.05) is 21.9 Å². The summed E-state index contributed by atoms with van der Waals surface area (Å²) in [7, 11) is 0. The van der Waals surface area contributed by atoms with Crippen LogP contribution in [0.15, 0.2) is 23.5 Å². The van der Waals surface area contributed by atoms with Crippen molar-refractivity contribution in [3.05, 3.63) is 28.4 Å². The van der Waals surface area contributed by atoms with E-state index in [1.165, 1.54) is 11.3 Å². The SMILES string of the molecule is O=C(O)c1scc(-c2csc(Br)c2Br)c1Br. The molecule has 84 valence electrons. The summed E-state index contributed by atoms with van der Waals surface area (Å²) in [4.78, 5) is 11.2. The van der Waals surface area contributed by atoms with Crippen molar-refractivity contribution in [3.8, 4) is 11.1 Å². The lowest BCUT2D eigenvalue weighted by atomic mass is 10.2. The van der Waals surface area contributed by atoms with Gasteiger partial charge in [0.25, 0.3) is 0 Å². The molecule has 0 saturated carbocycles. The van der Waals surface area contributed by atoms with E-state index in [0.29, 0.717) is 9.35 Å². The molecule has 16 heavy (non-hydrogen) atoms. The van der Waals surface area contributed by atoms with E-state index >= 15 is 0 Å². The number of carbonyl (C=O) groups is 1. The Morgan fingerprint density at radius 1 is 1.06 bits per heavy atom. The Labute approximate surface area is 125 Å². The maximum atomic E-state index is 10.9. The summed E-state index contributed by atoms with van der Waals surface area (Å²) in [6.45, 7) is 0. The van der Waals surface area contributed by atoms with E-state index in [0.717, 1.165) is 19.4 Å². The lowest BCUT2D eigenvalue weighted by molar-refractivity contribution is 0.0701. The molecule has 7 heteroatoms. The van der Waals surface area contributed by atoms with E-state index in [4.69, 9.17) is 5.11 Å². The third kappa shape index (κ3) is 2.15. The highest BCUT2D eigenvalue weighted by atomic mass is 79.9. The van der Waals surface area contributed by atoms with Gasteiger partial charge in [-0.25, -0.2) is 4.79 Å². The maximum Gasteiger partial charge on any atom is 0.347 e. The molecule has 0 aromatic carbocycles. The highest BCUT2D eigenvalue weighted by molar-refractivity contribution is 9.13. The largest absolute Gasteiger partial charge is 0.477 e. The predicted octanol–water partition coefficient (Wildman–Crippen LogP) is 5.46. The van der Waals surface area contributed by atoms with Gasteiger partial charge in [-0.15, -0.1) is 22.7 Å². The first-order chi connectivity index (χ1) is 7.52. The number of thiophene rings is 2. The fourth-order valence-corrected chi connectivity index (χ4v) is 4.83. The molecule has 0 saturated heterocycles. The number of hydrogen-bond acceptors (Lipinski definition) is 3.